The molecule has 7 nitrogen and oxygen atoms in total. The van der Waals surface area contributed by atoms with Crippen molar-refractivity contribution in [1.82, 2.24) is 0 Å². The molecule has 0 amide bonds. The monoisotopic (exact) mass is 326 g/mol. The number of nitro benzene ring substituents is 1. The Morgan fingerprint density at radius 2 is 2.00 bits per heavy atom. The number of carbonyl (C=O) groups excluding carboxylic acids is 1. The van der Waals surface area contributed by atoms with Gasteiger partial charge in [-0.2, -0.15) is 0 Å². The van der Waals surface area contributed by atoms with Crippen molar-refractivity contribution in [1.29, 1.82) is 0 Å². The molecule has 0 saturated carbocycles. The molecule has 24 heavy (non-hydrogen) atoms. The Hall–Kier alpha value is -3.22. The van der Waals surface area contributed by atoms with E-state index >= 15 is 0 Å². The largest absolute Gasteiger partial charge is 0.481 e. The van der Waals surface area contributed by atoms with Gasteiger partial charge in [-0.15, -0.1) is 0 Å². The van der Waals surface area contributed by atoms with E-state index in [2.05, 4.69) is 0 Å². The SMILES string of the molecule is CN1Cc2ccccc2C(=O)c2cc(CC(=O)O)cc([N+](=O)[O-])c21. The van der Waals surface area contributed by atoms with E-state index in [1.54, 1.807) is 36.2 Å². The van der Waals surface area contributed by atoms with Gasteiger partial charge < -0.3 is 10.0 Å². The summed E-state index contributed by atoms with van der Waals surface area (Å²) in [6.07, 6.45) is -0.382. The molecule has 0 aliphatic carbocycles. The number of carbonyl (C=O) groups is 2. The van der Waals surface area contributed by atoms with Gasteiger partial charge in [0, 0.05) is 25.2 Å². The fourth-order valence-electron chi connectivity index (χ4n) is 3.03. The van der Waals surface area contributed by atoms with Crippen LogP contribution in [0.2, 0.25) is 0 Å². The van der Waals surface area contributed by atoms with E-state index in [0.29, 0.717) is 12.1 Å². The maximum Gasteiger partial charge on any atom is 0.307 e. The third-order valence-electron chi connectivity index (χ3n) is 4.00. The Bertz CT molecular complexity index is 875. The van der Waals surface area contributed by atoms with Crippen LogP contribution in [0.15, 0.2) is 36.4 Å². The second kappa shape index (κ2) is 5.77. The van der Waals surface area contributed by atoms with Crippen LogP contribution in [0.25, 0.3) is 0 Å². The van der Waals surface area contributed by atoms with Gasteiger partial charge in [0.2, 0.25) is 0 Å². The summed E-state index contributed by atoms with van der Waals surface area (Å²) in [6.45, 7) is 0.355. The predicted octanol–water partition coefficient (Wildman–Crippen LogP) is 2.40. The molecule has 1 heterocycles. The lowest BCUT2D eigenvalue weighted by atomic mass is 9.96. The zero-order valence-corrected chi connectivity index (χ0v) is 12.9. The van der Waals surface area contributed by atoms with Crippen molar-refractivity contribution in [2.45, 2.75) is 13.0 Å². The molecule has 0 spiro atoms. The molecule has 0 radical (unpaired) electrons. The number of hydrogen-bond acceptors (Lipinski definition) is 5. The highest BCUT2D eigenvalue weighted by Gasteiger charge is 2.31. The van der Waals surface area contributed by atoms with Crippen LogP contribution in [0.5, 0.6) is 0 Å². The number of anilines is 1. The number of benzene rings is 2. The number of rotatable bonds is 3. The number of carboxylic acids is 1. The fourth-order valence-corrected chi connectivity index (χ4v) is 3.03. The number of nitrogens with zero attached hydrogens (tertiary/aromatic N) is 2. The van der Waals surface area contributed by atoms with Crippen molar-refractivity contribution in [2.24, 2.45) is 0 Å². The third-order valence-corrected chi connectivity index (χ3v) is 4.00. The van der Waals surface area contributed by atoms with Crippen molar-refractivity contribution < 1.29 is 19.6 Å². The molecule has 0 bridgehead atoms. The normalized spacial score (nSPS) is 13.0. The number of fused-ring (bicyclic) bond motifs is 2. The summed E-state index contributed by atoms with van der Waals surface area (Å²) in [7, 11) is 1.68. The first-order chi connectivity index (χ1) is 11.4. The van der Waals surface area contributed by atoms with Gasteiger partial charge in [0.15, 0.2) is 5.78 Å². The summed E-state index contributed by atoms with van der Waals surface area (Å²) in [5.74, 6) is -1.45. The van der Waals surface area contributed by atoms with E-state index < -0.39 is 10.9 Å². The Kier molecular flexibility index (Phi) is 3.76. The molecule has 0 unspecified atom stereocenters. The zero-order chi connectivity index (χ0) is 17.4. The first kappa shape index (κ1) is 15.7. The van der Waals surface area contributed by atoms with Crippen LogP contribution in [0.4, 0.5) is 11.4 Å². The molecule has 7 heteroatoms. The molecule has 2 aromatic rings. The quantitative estimate of drug-likeness (QED) is 0.686. The van der Waals surface area contributed by atoms with Gasteiger partial charge in [-0.25, -0.2) is 0 Å². The van der Waals surface area contributed by atoms with Crippen LogP contribution in [0.3, 0.4) is 0 Å². The second-order valence-electron chi connectivity index (χ2n) is 5.68. The highest BCUT2D eigenvalue weighted by molar-refractivity contribution is 6.15. The molecular formula is C17H14N2O5. The van der Waals surface area contributed by atoms with Crippen LogP contribution < -0.4 is 4.90 Å². The van der Waals surface area contributed by atoms with Crippen LogP contribution >= 0.6 is 0 Å². The second-order valence-corrected chi connectivity index (χ2v) is 5.68. The predicted molar refractivity (Wildman–Crippen MR) is 86.4 cm³/mol. The minimum Gasteiger partial charge on any atom is -0.481 e. The molecule has 0 fully saturated rings. The number of aliphatic carboxylic acids is 1. The first-order valence-electron chi connectivity index (χ1n) is 7.25. The Balaban J connectivity index is 2.28. The van der Waals surface area contributed by atoms with E-state index in [4.69, 9.17) is 5.11 Å². The van der Waals surface area contributed by atoms with E-state index in [-0.39, 0.29) is 34.7 Å². The van der Waals surface area contributed by atoms with E-state index in [1.807, 2.05) is 0 Å². The minimum absolute atomic E-state index is 0.160. The average Bonchev–Trinajstić information content (AvgIpc) is 2.62. The Morgan fingerprint density at radius 1 is 1.29 bits per heavy atom. The lowest BCUT2D eigenvalue weighted by Gasteiger charge is -2.19. The number of carboxylic acid groups (broad SMARTS) is 1. The van der Waals surface area contributed by atoms with Crippen molar-refractivity contribution in [2.75, 3.05) is 11.9 Å². The smallest absolute Gasteiger partial charge is 0.307 e. The summed E-state index contributed by atoms with van der Waals surface area (Å²) >= 11 is 0. The first-order valence-corrected chi connectivity index (χ1v) is 7.25. The molecule has 3 rings (SSSR count). The van der Waals surface area contributed by atoms with Gasteiger partial charge in [-0.3, -0.25) is 19.7 Å². The average molecular weight is 326 g/mol. The van der Waals surface area contributed by atoms with Crippen LogP contribution in [-0.2, 0) is 17.8 Å². The van der Waals surface area contributed by atoms with E-state index in [9.17, 15) is 19.7 Å². The third kappa shape index (κ3) is 2.60. The van der Waals surface area contributed by atoms with Gasteiger partial charge in [0.05, 0.1) is 16.9 Å². The van der Waals surface area contributed by atoms with Crippen molar-refractivity contribution in [3.05, 3.63) is 68.8 Å². The van der Waals surface area contributed by atoms with Crippen LogP contribution in [0.1, 0.15) is 27.0 Å². The number of hydrogen-bond donors (Lipinski definition) is 1. The van der Waals surface area contributed by atoms with Crippen molar-refractivity contribution in [3.63, 3.8) is 0 Å². The lowest BCUT2D eigenvalue weighted by Crippen LogP contribution is -2.18. The number of nitro groups is 1. The molecule has 0 aromatic heterocycles. The lowest BCUT2D eigenvalue weighted by molar-refractivity contribution is -0.384. The number of ketones is 1. The van der Waals surface area contributed by atoms with Crippen LogP contribution in [-0.4, -0.2) is 28.8 Å². The molecular weight excluding hydrogens is 312 g/mol. The summed E-state index contributed by atoms with van der Waals surface area (Å²) in [4.78, 5) is 36.4. The maximum absolute atomic E-state index is 12.9. The molecule has 2 aromatic carbocycles. The highest BCUT2D eigenvalue weighted by Crippen LogP contribution is 2.38. The summed E-state index contributed by atoms with van der Waals surface area (Å²) in [5.41, 5.74) is 1.60. The fraction of sp³-hybridized carbons (Fsp3) is 0.176. The van der Waals surface area contributed by atoms with Crippen molar-refractivity contribution in [3.8, 4) is 0 Å². The molecule has 1 N–H and O–H groups in total. The highest BCUT2D eigenvalue weighted by atomic mass is 16.6. The van der Waals surface area contributed by atoms with Crippen LogP contribution in [0, 0.1) is 10.1 Å². The minimum atomic E-state index is -1.11. The van der Waals surface area contributed by atoms with Gasteiger partial charge in [0.25, 0.3) is 5.69 Å². The standard InChI is InChI=1S/C17H14N2O5/c1-18-9-11-4-2-3-5-12(11)17(22)13-6-10(8-15(20)21)7-14(16(13)18)19(23)24/h2-7H,8-9H2,1H3,(H,20,21). The van der Waals surface area contributed by atoms with Gasteiger partial charge in [-0.05, 0) is 17.2 Å². The zero-order valence-electron chi connectivity index (χ0n) is 12.9. The topological polar surface area (TPSA) is 101 Å². The summed E-state index contributed by atoms with van der Waals surface area (Å²) < 4.78 is 0. The molecule has 122 valence electrons. The van der Waals surface area contributed by atoms with E-state index in [0.717, 1.165) is 5.56 Å². The van der Waals surface area contributed by atoms with E-state index in [1.165, 1.54) is 12.1 Å². The maximum atomic E-state index is 12.9. The van der Waals surface area contributed by atoms with Gasteiger partial charge in [0.1, 0.15) is 5.69 Å². The molecule has 1 aliphatic rings. The van der Waals surface area contributed by atoms with Gasteiger partial charge >= 0.3 is 5.97 Å². The molecule has 1 aliphatic heterocycles. The Morgan fingerprint density at radius 3 is 2.67 bits per heavy atom. The molecule has 0 saturated heterocycles. The van der Waals surface area contributed by atoms with Gasteiger partial charge in [-0.1, -0.05) is 24.3 Å². The van der Waals surface area contributed by atoms with Crippen molar-refractivity contribution >= 4 is 23.1 Å². The Labute approximate surface area is 137 Å². The summed E-state index contributed by atoms with van der Waals surface area (Å²) in [6, 6.07) is 9.69. The molecule has 0 atom stereocenters. The summed E-state index contributed by atoms with van der Waals surface area (Å²) in [5, 5.41) is 20.4.